The van der Waals surface area contributed by atoms with E-state index in [0.717, 1.165) is 32.5 Å². The van der Waals surface area contributed by atoms with E-state index >= 15 is 0 Å². The molecule has 4 nitrogen and oxygen atoms in total. The molecule has 0 aromatic carbocycles. The van der Waals surface area contributed by atoms with E-state index in [2.05, 4.69) is 18.7 Å². The first-order valence-corrected chi connectivity index (χ1v) is 6.32. The lowest BCUT2D eigenvalue weighted by molar-refractivity contribution is -0.131. The molecule has 1 amide bonds. The second-order valence-electron chi connectivity index (χ2n) is 4.18. The maximum Gasteiger partial charge on any atom is 0.236 e. The average Bonchev–Trinajstić information content (AvgIpc) is 2.30. The zero-order valence-corrected chi connectivity index (χ0v) is 11.0. The molecule has 0 aliphatic heterocycles. The van der Waals surface area contributed by atoms with E-state index in [1.165, 1.54) is 6.42 Å². The first-order chi connectivity index (χ1) is 7.65. The number of amides is 1. The molecule has 0 aromatic rings. The van der Waals surface area contributed by atoms with Crippen LogP contribution in [0.5, 0.6) is 0 Å². The highest BCUT2D eigenvalue weighted by atomic mass is 16.2. The molecular weight excluding hydrogens is 202 g/mol. The van der Waals surface area contributed by atoms with Crippen molar-refractivity contribution in [1.82, 2.24) is 9.80 Å². The molecule has 16 heavy (non-hydrogen) atoms. The molecule has 0 saturated carbocycles. The van der Waals surface area contributed by atoms with Gasteiger partial charge in [0.15, 0.2) is 0 Å². The highest BCUT2D eigenvalue weighted by Crippen LogP contribution is 1.97. The molecular formula is C12H27N3O. The zero-order chi connectivity index (χ0) is 12.4. The molecule has 0 radical (unpaired) electrons. The van der Waals surface area contributed by atoms with Gasteiger partial charge in [0, 0.05) is 13.6 Å². The number of hydrogen-bond donors (Lipinski definition) is 1. The van der Waals surface area contributed by atoms with Gasteiger partial charge in [0.2, 0.25) is 5.91 Å². The standard InChI is InChI=1S/C12H27N3O/c1-4-6-10-15(5-2)11-12(16)14(3)9-7-8-13/h4-11,13H2,1-3H3. The van der Waals surface area contributed by atoms with Crippen molar-refractivity contribution in [2.24, 2.45) is 5.73 Å². The van der Waals surface area contributed by atoms with Crippen LogP contribution in [0.4, 0.5) is 0 Å². The van der Waals surface area contributed by atoms with Gasteiger partial charge in [-0.3, -0.25) is 9.69 Å². The summed E-state index contributed by atoms with van der Waals surface area (Å²) in [4.78, 5) is 15.8. The average molecular weight is 229 g/mol. The fraction of sp³-hybridized carbons (Fsp3) is 0.917. The molecule has 0 aliphatic carbocycles. The Labute approximate surface area is 99.8 Å². The van der Waals surface area contributed by atoms with Gasteiger partial charge in [-0.2, -0.15) is 0 Å². The zero-order valence-electron chi connectivity index (χ0n) is 11.0. The number of nitrogens with two attached hydrogens (primary N) is 1. The number of likely N-dealkylation sites (N-methyl/N-ethyl adjacent to an activating group) is 2. The predicted molar refractivity (Wildman–Crippen MR) is 68.3 cm³/mol. The minimum Gasteiger partial charge on any atom is -0.345 e. The first-order valence-electron chi connectivity index (χ1n) is 6.32. The molecule has 0 heterocycles. The largest absolute Gasteiger partial charge is 0.345 e. The molecule has 0 atom stereocenters. The number of carbonyl (C=O) groups is 1. The van der Waals surface area contributed by atoms with Gasteiger partial charge in [-0.1, -0.05) is 20.3 Å². The molecule has 0 rings (SSSR count). The highest BCUT2D eigenvalue weighted by molar-refractivity contribution is 5.77. The summed E-state index contributed by atoms with van der Waals surface area (Å²) in [5, 5.41) is 0. The highest BCUT2D eigenvalue weighted by Gasteiger charge is 2.12. The van der Waals surface area contributed by atoms with E-state index < -0.39 is 0 Å². The van der Waals surface area contributed by atoms with Gasteiger partial charge in [-0.05, 0) is 32.5 Å². The quantitative estimate of drug-likeness (QED) is 0.639. The number of unbranched alkanes of at least 4 members (excludes halogenated alkanes) is 1. The molecule has 0 fully saturated rings. The van der Waals surface area contributed by atoms with Crippen LogP contribution in [0.2, 0.25) is 0 Å². The maximum absolute atomic E-state index is 11.8. The fourth-order valence-corrected chi connectivity index (χ4v) is 1.50. The summed E-state index contributed by atoms with van der Waals surface area (Å²) < 4.78 is 0. The third kappa shape index (κ3) is 6.80. The Hall–Kier alpha value is -0.610. The van der Waals surface area contributed by atoms with Crippen LogP contribution in [0.3, 0.4) is 0 Å². The van der Waals surface area contributed by atoms with Crippen LogP contribution in [-0.4, -0.2) is 55.5 Å². The van der Waals surface area contributed by atoms with Crippen LogP contribution in [0.1, 0.15) is 33.1 Å². The summed E-state index contributed by atoms with van der Waals surface area (Å²) in [6.07, 6.45) is 3.21. The summed E-state index contributed by atoms with van der Waals surface area (Å²) in [5.74, 6) is 0.200. The van der Waals surface area contributed by atoms with Gasteiger partial charge in [0.05, 0.1) is 6.54 Å². The second-order valence-corrected chi connectivity index (χ2v) is 4.18. The number of nitrogens with zero attached hydrogens (tertiary/aromatic N) is 2. The van der Waals surface area contributed by atoms with Crippen LogP contribution >= 0.6 is 0 Å². The first kappa shape index (κ1) is 15.4. The Bertz CT molecular complexity index is 185. The van der Waals surface area contributed by atoms with Crippen molar-refractivity contribution < 1.29 is 4.79 Å². The van der Waals surface area contributed by atoms with E-state index in [9.17, 15) is 4.79 Å². The lowest BCUT2D eigenvalue weighted by atomic mass is 10.3. The Morgan fingerprint density at radius 2 is 1.88 bits per heavy atom. The van der Waals surface area contributed by atoms with Crippen LogP contribution in [0.15, 0.2) is 0 Å². The SMILES string of the molecule is CCCCN(CC)CC(=O)N(C)CCCN. The van der Waals surface area contributed by atoms with E-state index in [1.807, 2.05) is 7.05 Å². The van der Waals surface area contributed by atoms with Crippen molar-refractivity contribution in [1.29, 1.82) is 0 Å². The number of carbonyl (C=O) groups excluding carboxylic acids is 1. The summed E-state index contributed by atoms with van der Waals surface area (Å²) in [5.41, 5.74) is 5.42. The topological polar surface area (TPSA) is 49.6 Å². The van der Waals surface area contributed by atoms with E-state index in [-0.39, 0.29) is 5.91 Å². The molecule has 0 saturated heterocycles. The Morgan fingerprint density at radius 1 is 1.19 bits per heavy atom. The molecule has 0 aliphatic rings. The number of hydrogen-bond acceptors (Lipinski definition) is 3. The van der Waals surface area contributed by atoms with Crippen molar-refractivity contribution in [3.05, 3.63) is 0 Å². The van der Waals surface area contributed by atoms with E-state index in [4.69, 9.17) is 5.73 Å². The van der Waals surface area contributed by atoms with Crippen molar-refractivity contribution in [2.45, 2.75) is 33.1 Å². The summed E-state index contributed by atoms with van der Waals surface area (Å²) >= 11 is 0. The molecule has 2 N–H and O–H groups in total. The van der Waals surface area contributed by atoms with Crippen molar-refractivity contribution in [3.8, 4) is 0 Å². The lowest BCUT2D eigenvalue weighted by Gasteiger charge is -2.23. The van der Waals surface area contributed by atoms with Crippen LogP contribution < -0.4 is 5.73 Å². The molecule has 0 unspecified atom stereocenters. The Balaban J connectivity index is 3.88. The van der Waals surface area contributed by atoms with E-state index in [1.54, 1.807) is 4.90 Å². The summed E-state index contributed by atoms with van der Waals surface area (Å²) in [6.45, 7) is 8.18. The molecule has 0 spiro atoms. The number of rotatable bonds is 9. The third-order valence-corrected chi connectivity index (χ3v) is 2.76. The van der Waals surface area contributed by atoms with Crippen LogP contribution in [0, 0.1) is 0 Å². The normalized spacial score (nSPS) is 10.8. The van der Waals surface area contributed by atoms with Crippen LogP contribution in [0.25, 0.3) is 0 Å². The van der Waals surface area contributed by atoms with Crippen LogP contribution in [-0.2, 0) is 4.79 Å². The molecule has 96 valence electrons. The van der Waals surface area contributed by atoms with Gasteiger partial charge in [0.25, 0.3) is 0 Å². The monoisotopic (exact) mass is 229 g/mol. The molecule has 0 aromatic heterocycles. The smallest absolute Gasteiger partial charge is 0.236 e. The minimum absolute atomic E-state index is 0.200. The van der Waals surface area contributed by atoms with Gasteiger partial charge in [-0.15, -0.1) is 0 Å². The minimum atomic E-state index is 0.200. The van der Waals surface area contributed by atoms with E-state index in [0.29, 0.717) is 13.1 Å². The fourth-order valence-electron chi connectivity index (χ4n) is 1.50. The molecule has 0 bridgehead atoms. The van der Waals surface area contributed by atoms with Crippen molar-refractivity contribution in [2.75, 3.05) is 39.8 Å². The van der Waals surface area contributed by atoms with Crippen molar-refractivity contribution in [3.63, 3.8) is 0 Å². The predicted octanol–water partition coefficient (Wildman–Crippen LogP) is 0.916. The Kier molecular flexibility index (Phi) is 9.24. The summed E-state index contributed by atoms with van der Waals surface area (Å²) in [7, 11) is 1.85. The third-order valence-electron chi connectivity index (χ3n) is 2.76. The van der Waals surface area contributed by atoms with Gasteiger partial charge in [-0.25, -0.2) is 0 Å². The van der Waals surface area contributed by atoms with Gasteiger partial charge >= 0.3 is 0 Å². The van der Waals surface area contributed by atoms with Gasteiger partial charge < -0.3 is 10.6 Å². The Morgan fingerprint density at radius 3 is 2.38 bits per heavy atom. The van der Waals surface area contributed by atoms with Gasteiger partial charge in [0.1, 0.15) is 0 Å². The maximum atomic E-state index is 11.8. The summed E-state index contributed by atoms with van der Waals surface area (Å²) in [6, 6.07) is 0. The lowest BCUT2D eigenvalue weighted by Crippen LogP contribution is -2.39. The van der Waals surface area contributed by atoms with Crippen molar-refractivity contribution >= 4 is 5.91 Å². The molecule has 4 heteroatoms. The second kappa shape index (κ2) is 9.60.